The highest BCUT2D eigenvalue weighted by Gasteiger charge is 2.17. The molecule has 3 N–H and O–H groups in total. The number of hydrogen-bond acceptors (Lipinski definition) is 8. The first-order valence-corrected chi connectivity index (χ1v) is 11.2. The summed E-state index contributed by atoms with van der Waals surface area (Å²) in [5.74, 6) is 0.568. The first kappa shape index (κ1) is 21.3. The molecule has 0 radical (unpaired) electrons. The number of anilines is 1. The molecule has 0 saturated carbocycles. The fourth-order valence-electron chi connectivity index (χ4n) is 2.58. The van der Waals surface area contributed by atoms with E-state index in [1.807, 2.05) is 0 Å². The molecule has 0 aliphatic rings. The molecule has 0 bridgehead atoms. The van der Waals surface area contributed by atoms with Crippen LogP contribution in [0.15, 0.2) is 29.3 Å². The van der Waals surface area contributed by atoms with Crippen molar-refractivity contribution in [3.8, 4) is 5.75 Å². The zero-order valence-corrected chi connectivity index (χ0v) is 17.6. The van der Waals surface area contributed by atoms with Gasteiger partial charge in [0.1, 0.15) is 12.1 Å². The summed E-state index contributed by atoms with van der Waals surface area (Å²) in [5.41, 5.74) is 6.49. The topological polar surface area (TPSA) is 134 Å². The minimum absolute atomic E-state index is 0.00950. The van der Waals surface area contributed by atoms with Crippen LogP contribution < -0.4 is 16.0 Å². The quantitative estimate of drug-likeness (QED) is 0.382. The molecule has 0 amide bonds. The summed E-state index contributed by atoms with van der Waals surface area (Å²) < 4.78 is 30.3. The second-order valence-electron chi connectivity index (χ2n) is 6.36. The lowest BCUT2D eigenvalue weighted by Gasteiger charge is -2.15. The summed E-state index contributed by atoms with van der Waals surface area (Å²) in [5, 5.41) is 0.455. The molecular weight excluding hydrogens is 421 g/mol. The number of halogens is 1. The van der Waals surface area contributed by atoms with E-state index in [0.717, 1.165) is 5.56 Å². The van der Waals surface area contributed by atoms with Crippen LogP contribution in [0.3, 0.4) is 0 Å². The summed E-state index contributed by atoms with van der Waals surface area (Å²) >= 11 is 6.08. The van der Waals surface area contributed by atoms with Crippen molar-refractivity contribution in [2.24, 2.45) is 0 Å². The summed E-state index contributed by atoms with van der Waals surface area (Å²) in [6.07, 6.45) is 1.42. The molecule has 2 aromatic heterocycles. The van der Waals surface area contributed by atoms with Gasteiger partial charge in [-0.2, -0.15) is 4.98 Å². The smallest absolute Gasteiger partial charge is 0.280 e. The standard InChI is InChI=1S/C17H21ClN5O5P/c1-26-13-4-3-11(7-12(13)18)8-28-29(2,25)10-27-6-5-23-9-20-14-15(23)21-17(19)22-16(14)24/h3-4,7,9H,5-6,8,10H2,1-2H3,(H3,19,21,22,24). The van der Waals surface area contributed by atoms with Crippen LogP contribution in [0.5, 0.6) is 5.75 Å². The Balaban J connectivity index is 1.50. The Bertz CT molecular complexity index is 1120. The van der Waals surface area contributed by atoms with Gasteiger partial charge in [-0.3, -0.25) is 14.3 Å². The number of aromatic amines is 1. The molecule has 1 unspecified atom stereocenters. The van der Waals surface area contributed by atoms with Gasteiger partial charge in [0.2, 0.25) is 13.3 Å². The first-order valence-electron chi connectivity index (χ1n) is 8.61. The minimum atomic E-state index is -2.97. The average molecular weight is 442 g/mol. The Morgan fingerprint density at radius 2 is 2.17 bits per heavy atom. The number of fused-ring (bicyclic) bond motifs is 1. The highest BCUT2D eigenvalue weighted by Crippen LogP contribution is 2.43. The molecule has 0 fully saturated rings. The van der Waals surface area contributed by atoms with Gasteiger partial charge in [-0.05, 0) is 17.7 Å². The van der Waals surface area contributed by atoms with Crippen molar-refractivity contribution in [1.82, 2.24) is 19.5 Å². The third-order valence-electron chi connectivity index (χ3n) is 4.02. The number of rotatable bonds is 9. The maximum absolute atomic E-state index is 12.6. The van der Waals surface area contributed by atoms with E-state index >= 15 is 0 Å². The predicted octanol–water partition coefficient (Wildman–Crippen LogP) is 2.46. The van der Waals surface area contributed by atoms with Crippen LogP contribution >= 0.6 is 19.0 Å². The number of hydrogen-bond donors (Lipinski definition) is 2. The van der Waals surface area contributed by atoms with Gasteiger partial charge in [0, 0.05) is 13.2 Å². The van der Waals surface area contributed by atoms with Crippen LogP contribution in [-0.2, 0) is 27.0 Å². The lowest BCUT2D eigenvalue weighted by atomic mass is 10.2. The lowest BCUT2D eigenvalue weighted by Crippen LogP contribution is -2.13. The van der Waals surface area contributed by atoms with Gasteiger partial charge in [-0.15, -0.1) is 0 Å². The molecule has 1 aromatic carbocycles. The molecule has 0 saturated heterocycles. The molecule has 3 aromatic rings. The number of methoxy groups -OCH3 is 1. The lowest BCUT2D eigenvalue weighted by molar-refractivity contribution is 0.153. The molecule has 3 rings (SSSR count). The van der Waals surface area contributed by atoms with Crippen LogP contribution in [0, 0.1) is 0 Å². The maximum atomic E-state index is 12.6. The second-order valence-corrected chi connectivity index (χ2v) is 9.31. The zero-order valence-electron chi connectivity index (χ0n) is 15.9. The van der Waals surface area contributed by atoms with E-state index < -0.39 is 12.9 Å². The summed E-state index contributed by atoms with van der Waals surface area (Å²) in [7, 11) is -1.44. The van der Waals surface area contributed by atoms with E-state index in [2.05, 4.69) is 15.0 Å². The molecule has 1 atom stereocenters. The normalized spacial score (nSPS) is 13.5. The number of imidazole rings is 1. The molecular formula is C17H21ClN5O5P. The average Bonchev–Trinajstić information content (AvgIpc) is 3.07. The highest BCUT2D eigenvalue weighted by atomic mass is 35.5. The zero-order chi connectivity index (χ0) is 21.0. The number of nitrogens with one attached hydrogen (secondary N) is 1. The van der Waals surface area contributed by atoms with Crippen molar-refractivity contribution in [3.05, 3.63) is 45.5 Å². The number of nitrogens with zero attached hydrogens (tertiary/aromatic N) is 3. The summed E-state index contributed by atoms with van der Waals surface area (Å²) in [4.78, 5) is 22.2. The van der Waals surface area contributed by atoms with E-state index in [1.54, 1.807) is 22.8 Å². The van der Waals surface area contributed by atoms with Gasteiger partial charge in [0.15, 0.2) is 11.2 Å². The van der Waals surface area contributed by atoms with Gasteiger partial charge in [0.25, 0.3) is 5.56 Å². The van der Waals surface area contributed by atoms with Crippen molar-refractivity contribution in [1.29, 1.82) is 0 Å². The Hall–Kier alpha value is -2.39. The number of aromatic nitrogens is 4. The molecule has 10 nitrogen and oxygen atoms in total. The van der Waals surface area contributed by atoms with Crippen molar-refractivity contribution >= 4 is 36.1 Å². The number of nitrogens with two attached hydrogens (primary N) is 1. The predicted molar refractivity (Wildman–Crippen MR) is 110 cm³/mol. The Morgan fingerprint density at radius 1 is 1.38 bits per heavy atom. The first-order chi connectivity index (χ1) is 13.8. The van der Waals surface area contributed by atoms with Crippen LogP contribution in [-0.4, -0.2) is 46.2 Å². The van der Waals surface area contributed by atoms with E-state index in [0.29, 0.717) is 23.0 Å². The largest absolute Gasteiger partial charge is 0.495 e. The third-order valence-corrected chi connectivity index (χ3v) is 5.64. The molecule has 156 valence electrons. The van der Waals surface area contributed by atoms with E-state index in [9.17, 15) is 9.36 Å². The molecule has 0 aliphatic carbocycles. The van der Waals surface area contributed by atoms with Crippen LogP contribution in [0.1, 0.15) is 5.56 Å². The van der Waals surface area contributed by atoms with Gasteiger partial charge < -0.3 is 24.3 Å². The SMILES string of the molecule is COc1ccc(COP(C)(=O)COCCn2cnc3c(=O)[nH]c(N)nc32)cc1Cl. The van der Waals surface area contributed by atoms with Gasteiger partial charge in [-0.25, -0.2) is 4.98 Å². The number of ether oxygens (including phenoxy) is 2. The molecule has 12 heteroatoms. The minimum Gasteiger partial charge on any atom is -0.495 e. The van der Waals surface area contributed by atoms with Gasteiger partial charge in [0.05, 0.1) is 31.7 Å². The molecule has 29 heavy (non-hydrogen) atoms. The summed E-state index contributed by atoms with van der Waals surface area (Å²) in [6.45, 7) is 2.24. The van der Waals surface area contributed by atoms with Crippen LogP contribution in [0.4, 0.5) is 5.95 Å². The summed E-state index contributed by atoms with van der Waals surface area (Å²) in [6, 6.07) is 5.21. The molecule has 0 aliphatic heterocycles. The van der Waals surface area contributed by atoms with E-state index in [4.69, 9.17) is 31.3 Å². The molecule has 0 spiro atoms. The van der Waals surface area contributed by atoms with Gasteiger partial charge >= 0.3 is 0 Å². The van der Waals surface area contributed by atoms with E-state index in [1.165, 1.54) is 20.1 Å². The fraction of sp³-hybridized carbons (Fsp3) is 0.353. The number of nitrogen functional groups attached to an aromatic ring is 1. The maximum Gasteiger partial charge on any atom is 0.280 e. The second kappa shape index (κ2) is 8.96. The monoisotopic (exact) mass is 441 g/mol. The highest BCUT2D eigenvalue weighted by molar-refractivity contribution is 7.57. The van der Waals surface area contributed by atoms with E-state index in [-0.39, 0.29) is 31.0 Å². The van der Waals surface area contributed by atoms with Gasteiger partial charge in [-0.1, -0.05) is 17.7 Å². The number of H-pyrrole nitrogens is 1. The Labute approximate surface area is 171 Å². The van der Waals surface area contributed by atoms with Crippen molar-refractivity contribution in [3.63, 3.8) is 0 Å². The fourth-order valence-corrected chi connectivity index (χ4v) is 3.81. The Kier molecular flexibility index (Phi) is 6.59. The van der Waals surface area contributed by atoms with Crippen LogP contribution in [0.25, 0.3) is 11.2 Å². The third kappa shape index (κ3) is 5.36. The number of benzene rings is 1. The van der Waals surface area contributed by atoms with Crippen molar-refractivity contribution in [2.75, 3.05) is 32.5 Å². The van der Waals surface area contributed by atoms with Crippen molar-refractivity contribution in [2.45, 2.75) is 13.2 Å². The van der Waals surface area contributed by atoms with Crippen LogP contribution in [0.2, 0.25) is 5.02 Å². The molecule has 2 heterocycles. The van der Waals surface area contributed by atoms with Crippen molar-refractivity contribution < 1.29 is 18.6 Å². The Morgan fingerprint density at radius 3 is 2.90 bits per heavy atom.